The van der Waals surface area contributed by atoms with Gasteiger partial charge >= 0.3 is 0 Å². The number of rotatable bonds is 8. The lowest BCUT2D eigenvalue weighted by Gasteiger charge is -2.19. The van der Waals surface area contributed by atoms with E-state index in [0.29, 0.717) is 0 Å². The number of ether oxygens (including phenoxy) is 1. The Morgan fingerprint density at radius 2 is 2.00 bits per heavy atom. The standard InChI is InChI=1S/C15H26N2OS/c1-5-17(6-2)10-11-19-14-9-7-8-13(18-4)15(14)12(3)16/h7-9,12H,5-6,10-11,16H2,1-4H3/t12-/m0/s1. The van der Waals surface area contributed by atoms with E-state index in [0.717, 1.165) is 36.7 Å². The Kier molecular flexibility index (Phi) is 7.28. The van der Waals surface area contributed by atoms with Crippen molar-refractivity contribution in [3.63, 3.8) is 0 Å². The minimum atomic E-state index is -0.00731. The lowest BCUT2D eigenvalue weighted by molar-refractivity contribution is 0.324. The van der Waals surface area contributed by atoms with Crippen LogP contribution in [0.3, 0.4) is 0 Å². The Balaban J connectivity index is 2.72. The van der Waals surface area contributed by atoms with Crippen molar-refractivity contribution in [2.24, 2.45) is 5.73 Å². The summed E-state index contributed by atoms with van der Waals surface area (Å²) in [7, 11) is 1.70. The van der Waals surface area contributed by atoms with E-state index in [2.05, 4.69) is 24.8 Å². The molecular formula is C15H26N2OS. The van der Waals surface area contributed by atoms with Crippen molar-refractivity contribution in [1.82, 2.24) is 4.90 Å². The highest BCUT2D eigenvalue weighted by molar-refractivity contribution is 7.99. The Bertz CT molecular complexity index is 378. The summed E-state index contributed by atoms with van der Waals surface area (Å²) in [4.78, 5) is 3.67. The second kappa shape index (κ2) is 8.46. The van der Waals surface area contributed by atoms with Crippen LogP contribution < -0.4 is 10.5 Å². The summed E-state index contributed by atoms with van der Waals surface area (Å²) >= 11 is 1.86. The zero-order valence-electron chi connectivity index (χ0n) is 12.5. The van der Waals surface area contributed by atoms with Gasteiger partial charge in [0.05, 0.1) is 7.11 Å². The number of hydrogen-bond acceptors (Lipinski definition) is 4. The third-order valence-electron chi connectivity index (χ3n) is 3.26. The predicted octanol–water partition coefficient (Wildman–Crippen LogP) is 3.15. The number of nitrogens with two attached hydrogens (primary N) is 1. The first kappa shape index (κ1) is 16.3. The fraction of sp³-hybridized carbons (Fsp3) is 0.600. The van der Waals surface area contributed by atoms with Crippen molar-refractivity contribution in [1.29, 1.82) is 0 Å². The Hall–Kier alpha value is -0.710. The molecule has 0 aromatic heterocycles. The van der Waals surface area contributed by atoms with Crippen molar-refractivity contribution in [3.05, 3.63) is 23.8 Å². The van der Waals surface area contributed by atoms with Crippen LogP contribution in [0.4, 0.5) is 0 Å². The van der Waals surface area contributed by atoms with Gasteiger partial charge in [0, 0.05) is 28.8 Å². The van der Waals surface area contributed by atoms with Crippen LogP contribution in [0.5, 0.6) is 5.75 Å². The highest BCUT2D eigenvalue weighted by Gasteiger charge is 2.13. The molecule has 0 aliphatic heterocycles. The maximum absolute atomic E-state index is 6.07. The zero-order valence-corrected chi connectivity index (χ0v) is 13.3. The second-order valence-corrected chi connectivity index (χ2v) is 5.67. The van der Waals surface area contributed by atoms with Crippen LogP contribution in [0.15, 0.2) is 23.1 Å². The molecule has 3 nitrogen and oxygen atoms in total. The van der Waals surface area contributed by atoms with E-state index in [4.69, 9.17) is 10.5 Å². The van der Waals surface area contributed by atoms with Crippen LogP contribution in [0, 0.1) is 0 Å². The minimum absolute atomic E-state index is 0.00731. The van der Waals surface area contributed by atoms with Gasteiger partial charge in [-0.15, -0.1) is 11.8 Å². The van der Waals surface area contributed by atoms with Gasteiger partial charge in [-0.3, -0.25) is 0 Å². The van der Waals surface area contributed by atoms with Crippen molar-refractivity contribution in [3.8, 4) is 5.75 Å². The summed E-state index contributed by atoms with van der Waals surface area (Å²) in [6.45, 7) is 9.73. The van der Waals surface area contributed by atoms with Crippen molar-refractivity contribution in [2.45, 2.75) is 31.7 Å². The largest absolute Gasteiger partial charge is 0.496 e. The predicted molar refractivity (Wildman–Crippen MR) is 84.1 cm³/mol. The van der Waals surface area contributed by atoms with Gasteiger partial charge in [-0.25, -0.2) is 0 Å². The monoisotopic (exact) mass is 282 g/mol. The van der Waals surface area contributed by atoms with Gasteiger partial charge in [0.1, 0.15) is 5.75 Å². The Morgan fingerprint density at radius 3 is 2.53 bits per heavy atom. The number of hydrogen-bond donors (Lipinski definition) is 1. The summed E-state index contributed by atoms with van der Waals surface area (Å²) in [5.74, 6) is 1.97. The van der Waals surface area contributed by atoms with Crippen LogP contribution >= 0.6 is 11.8 Å². The maximum Gasteiger partial charge on any atom is 0.124 e. The van der Waals surface area contributed by atoms with Gasteiger partial charge in [0.15, 0.2) is 0 Å². The van der Waals surface area contributed by atoms with E-state index < -0.39 is 0 Å². The molecule has 1 aromatic rings. The van der Waals surface area contributed by atoms with Crippen molar-refractivity contribution < 1.29 is 4.74 Å². The molecule has 0 saturated carbocycles. The maximum atomic E-state index is 6.07. The SMILES string of the molecule is CCN(CC)CCSc1cccc(OC)c1[C@H](C)N. The number of thioether (sulfide) groups is 1. The zero-order chi connectivity index (χ0) is 14.3. The molecule has 0 aliphatic carbocycles. The molecule has 0 radical (unpaired) electrons. The van der Waals surface area contributed by atoms with Crippen LogP contribution in [0.1, 0.15) is 32.4 Å². The molecule has 0 amide bonds. The fourth-order valence-corrected chi connectivity index (χ4v) is 3.29. The first-order valence-corrected chi connectivity index (χ1v) is 7.90. The van der Waals surface area contributed by atoms with E-state index in [1.165, 1.54) is 4.90 Å². The molecule has 0 heterocycles. The molecule has 108 valence electrons. The molecule has 2 N–H and O–H groups in total. The molecule has 4 heteroatoms. The molecule has 19 heavy (non-hydrogen) atoms. The minimum Gasteiger partial charge on any atom is -0.496 e. The van der Waals surface area contributed by atoms with Crippen molar-refractivity contribution in [2.75, 3.05) is 32.5 Å². The normalized spacial score (nSPS) is 12.7. The molecule has 0 aliphatic rings. The smallest absolute Gasteiger partial charge is 0.124 e. The van der Waals surface area contributed by atoms with E-state index in [1.807, 2.05) is 30.8 Å². The molecule has 0 bridgehead atoms. The molecule has 0 saturated heterocycles. The molecular weight excluding hydrogens is 256 g/mol. The van der Waals surface area contributed by atoms with E-state index >= 15 is 0 Å². The summed E-state index contributed by atoms with van der Waals surface area (Å²) in [6, 6.07) is 6.14. The molecule has 0 fully saturated rings. The third kappa shape index (κ3) is 4.71. The van der Waals surface area contributed by atoms with E-state index in [9.17, 15) is 0 Å². The van der Waals surface area contributed by atoms with Gasteiger partial charge < -0.3 is 15.4 Å². The molecule has 1 rings (SSSR count). The quantitative estimate of drug-likeness (QED) is 0.743. The van der Waals surface area contributed by atoms with Crippen LogP contribution in [0.25, 0.3) is 0 Å². The first-order chi connectivity index (χ1) is 9.13. The number of nitrogens with zero attached hydrogens (tertiary/aromatic N) is 1. The number of benzene rings is 1. The van der Waals surface area contributed by atoms with Crippen LogP contribution in [0.2, 0.25) is 0 Å². The first-order valence-electron chi connectivity index (χ1n) is 6.91. The Morgan fingerprint density at radius 1 is 1.32 bits per heavy atom. The molecule has 1 aromatic carbocycles. The average Bonchev–Trinajstić information content (AvgIpc) is 2.42. The van der Waals surface area contributed by atoms with Gasteiger partial charge in [-0.1, -0.05) is 19.9 Å². The second-order valence-electron chi connectivity index (χ2n) is 4.54. The summed E-state index contributed by atoms with van der Waals surface area (Å²) in [6.07, 6.45) is 0. The fourth-order valence-electron chi connectivity index (χ4n) is 2.10. The molecule has 1 atom stereocenters. The van der Waals surface area contributed by atoms with Gasteiger partial charge in [0.2, 0.25) is 0 Å². The molecule has 0 spiro atoms. The van der Waals surface area contributed by atoms with Gasteiger partial charge in [-0.2, -0.15) is 0 Å². The van der Waals surface area contributed by atoms with E-state index in [-0.39, 0.29) is 6.04 Å². The van der Waals surface area contributed by atoms with Crippen LogP contribution in [-0.4, -0.2) is 37.4 Å². The lowest BCUT2D eigenvalue weighted by atomic mass is 10.1. The van der Waals surface area contributed by atoms with Crippen LogP contribution in [-0.2, 0) is 0 Å². The Labute approximate surface area is 121 Å². The number of methoxy groups -OCH3 is 1. The highest BCUT2D eigenvalue weighted by Crippen LogP contribution is 2.33. The highest BCUT2D eigenvalue weighted by atomic mass is 32.2. The third-order valence-corrected chi connectivity index (χ3v) is 4.31. The topological polar surface area (TPSA) is 38.5 Å². The lowest BCUT2D eigenvalue weighted by Crippen LogP contribution is -2.25. The van der Waals surface area contributed by atoms with Gasteiger partial charge in [-0.05, 0) is 32.1 Å². The average molecular weight is 282 g/mol. The summed E-state index contributed by atoms with van der Waals surface area (Å²) in [5, 5.41) is 0. The van der Waals surface area contributed by atoms with E-state index in [1.54, 1.807) is 7.11 Å². The van der Waals surface area contributed by atoms with Crippen molar-refractivity contribution >= 4 is 11.8 Å². The summed E-state index contributed by atoms with van der Waals surface area (Å²) in [5.41, 5.74) is 7.19. The van der Waals surface area contributed by atoms with Gasteiger partial charge in [0.25, 0.3) is 0 Å². The molecule has 0 unspecified atom stereocenters. The summed E-state index contributed by atoms with van der Waals surface area (Å²) < 4.78 is 5.41.